The van der Waals surface area contributed by atoms with Gasteiger partial charge in [0, 0.05) is 11.9 Å². The Labute approximate surface area is 175 Å². The maximum atomic E-state index is 14.0. The molecule has 2 heterocycles. The van der Waals surface area contributed by atoms with Gasteiger partial charge in [0.2, 0.25) is 5.89 Å². The lowest BCUT2D eigenvalue weighted by molar-refractivity contribution is -0.121. The molecule has 0 radical (unpaired) electrons. The number of hydrogen-bond donors (Lipinski definition) is 1. The van der Waals surface area contributed by atoms with Crippen molar-refractivity contribution in [2.75, 3.05) is 16.2 Å². The van der Waals surface area contributed by atoms with E-state index in [2.05, 4.69) is 14.9 Å². The second kappa shape index (κ2) is 7.58. The number of sulfonamides is 1. The van der Waals surface area contributed by atoms with Gasteiger partial charge in [0.1, 0.15) is 11.6 Å². The van der Waals surface area contributed by atoms with E-state index in [9.17, 15) is 17.6 Å². The fourth-order valence-corrected chi connectivity index (χ4v) is 4.09. The summed E-state index contributed by atoms with van der Waals surface area (Å²) in [4.78, 5) is 17.5. The highest BCUT2D eigenvalue weighted by molar-refractivity contribution is 7.92. The van der Waals surface area contributed by atoms with Crippen LogP contribution in [0.1, 0.15) is 11.7 Å². The number of carbonyl (C=O) groups excluding carboxylic acids is 1. The molecule has 156 valence electrons. The molecule has 0 unspecified atom stereocenters. The third-order valence-corrected chi connectivity index (χ3v) is 5.83. The average molecular weight is 453 g/mol. The Bertz CT molecular complexity index is 1250. The first kappa shape index (κ1) is 20.1. The van der Waals surface area contributed by atoms with Crippen LogP contribution in [-0.4, -0.2) is 31.1 Å². The van der Waals surface area contributed by atoms with Crippen molar-refractivity contribution in [3.8, 4) is 5.75 Å². The number of hydrogen-bond acceptors (Lipinski definition) is 7. The average Bonchev–Trinajstić information content (AvgIpc) is 3.11. The summed E-state index contributed by atoms with van der Waals surface area (Å²) >= 11 is 5.70. The highest BCUT2D eigenvalue weighted by Gasteiger charge is 2.29. The van der Waals surface area contributed by atoms with Crippen molar-refractivity contribution in [2.45, 2.75) is 18.4 Å². The summed E-state index contributed by atoms with van der Waals surface area (Å²) in [5.41, 5.74) is -0.0447. The molecule has 1 N–H and O–H groups in total. The number of carbonyl (C=O) groups is 1. The molecule has 0 spiro atoms. The highest BCUT2D eigenvalue weighted by Crippen LogP contribution is 2.35. The quantitative estimate of drug-likeness (QED) is 0.632. The molecule has 4 rings (SSSR count). The Kier molecular flexibility index (Phi) is 5.08. The number of aryl methyl sites for hydroxylation is 1. The Morgan fingerprint density at radius 2 is 2.07 bits per heavy atom. The van der Waals surface area contributed by atoms with E-state index in [-0.39, 0.29) is 40.3 Å². The van der Waals surface area contributed by atoms with Crippen molar-refractivity contribution < 1.29 is 26.9 Å². The van der Waals surface area contributed by atoms with Crippen molar-refractivity contribution in [1.82, 2.24) is 10.1 Å². The van der Waals surface area contributed by atoms with Crippen LogP contribution in [0.4, 0.5) is 15.8 Å². The fraction of sp³-hybridized carbons (Fsp3) is 0.167. The summed E-state index contributed by atoms with van der Waals surface area (Å²) < 4.78 is 52.0. The molecule has 1 aromatic heterocycles. The molecular weight excluding hydrogens is 439 g/mol. The van der Waals surface area contributed by atoms with Crippen molar-refractivity contribution in [3.05, 3.63) is 59.0 Å². The topological polar surface area (TPSA) is 115 Å². The predicted octanol–water partition coefficient (Wildman–Crippen LogP) is 2.90. The Hall–Kier alpha value is -3.18. The molecule has 3 aromatic rings. The lowest BCUT2D eigenvalue weighted by atomic mass is 10.2. The van der Waals surface area contributed by atoms with Gasteiger partial charge in [0.05, 0.1) is 22.8 Å². The van der Waals surface area contributed by atoms with Crippen molar-refractivity contribution in [2.24, 2.45) is 0 Å². The number of benzene rings is 2. The first-order valence-corrected chi connectivity index (χ1v) is 10.4. The molecule has 0 saturated carbocycles. The smallest absolute Gasteiger partial charge is 0.265 e. The molecule has 1 aliphatic rings. The van der Waals surface area contributed by atoms with E-state index in [0.717, 1.165) is 6.07 Å². The molecule has 30 heavy (non-hydrogen) atoms. The van der Waals surface area contributed by atoms with E-state index in [1.807, 2.05) is 0 Å². The van der Waals surface area contributed by atoms with Gasteiger partial charge in [-0.15, -0.1) is 0 Å². The van der Waals surface area contributed by atoms with Crippen molar-refractivity contribution in [3.63, 3.8) is 0 Å². The lowest BCUT2D eigenvalue weighted by Gasteiger charge is -2.28. The van der Waals surface area contributed by atoms with Crippen molar-refractivity contribution in [1.29, 1.82) is 0 Å². The molecule has 0 atom stereocenters. The molecule has 0 fully saturated rings. The van der Waals surface area contributed by atoms with E-state index >= 15 is 0 Å². The van der Waals surface area contributed by atoms with Crippen LogP contribution in [0.15, 0.2) is 45.8 Å². The van der Waals surface area contributed by atoms with Crippen molar-refractivity contribution >= 4 is 38.9 Å². The Balaban J connectivity index is 1.68. The number of ether oxygens (including phenoxy) is 1. The van der Waals surface area contributed by atoms with Crippen LogP contribution in [0, 0.1) is 12.7 Å². The van der Waals surface area contributed by atoms with Crippen LogP contribution < -0.4 is 14.4 Å². The van der Waals surface area contributed by atoms with Crippen LogP contribution in [0.2, 0.25) is 5.02 Å². The number of fused-ring (bicyclic) bond motifs is 1. The molecule has 2 aromatic carbocycles. The third kappa shape index (κ3) is 3.94. The zero-order valence-electron chi connectivity index (χ0n) is 15.4. The maximum Gasteiger partial charge on any atom is 0.265 e. The van der Waals surface area contributed by atoms with E-state index < -0.39 is 21.7 Å². The van der Waals surface area contributed by atoms with E-state index in [1.54, 1.807) is 6.92 Å². The summed E-state index contributed by atoms with van der Waals surface area (Å²) in [5, 5.41) is 3.89. The number of nitrogens with zero attached hydrogens (tertiary/aromatic N) is 3. The summed E-state index contributed by atoms with van der Waals surface area (Å²) in [6.45, 7) is 1.36. The summed E-state index contributed by atoms with van der Waals surface area (Å²) in [5.74, 6) is -0.334. The van der Waals surface area contributed by atoms with Crippen LogP contribution in [-0.2, 0) is 21.4 Å². The monoisotopic (exact) mass is 452 g/mol. The number of nitrogens with one attached hydrogen (secondary N) is 1. The molecular formula is C18H14ClFN4O5S. The maximum absolute atomic E-state index is 14.0. The minimum Gasteiger partial charge on any atom is -0.482 e. The minimum atomic E-state index is -4.17. The zero-order valence-corrected chi connectivity index (χ0v) is 17.0. The molecule has 9 nitrogen and oxygen atoms in total. The van der Waals surface area contributed by atoms with Crippen LogP contribution >= 0.6 is 11.6 Å². The second-order valence-corrected chi connectivity index (χ2v) is 8.48. The first-order valence-electron chi connectivity index (χ1n) is 8.57. The largest absolute Gasteiger partial charge is 0.482 e. The van der Waals surface area contributed by atoms with Gasteiger partial charge < -0.3 is 9.26 Å². The Morgan fingerprint density at radius 3 is 2.77 bits per heavy atom. The minimum absolute atomic E-state index is 0.0325. The molecule has 0 saturated heterocycles. The Morgan fingerprint density at radius 1 is 1.27 bits per heavy atom. The third-order valence-electron chi connectivity index (χ3n) is 4.23. The second-order valence-electron chi connectivity index (χ2n) is 6.36. The van der Waals surface area contributed by atoms with Gasteiger partial charge in [0.25, 0.3) is 15.9 Å². The number of rotatable bonds is 5. The standard InChI is InChI=1S/C18H14ClFN4O5S/c1-10-21-17(22-29-10)8-24-15-7-12(3-5-16(15)28-9-18(24)25)30(26,27)23-14-4-2-11(19)6-13(14)20/h2-7,23H,8-9H2,1H3. The number of anilines is 2. The molecule has 1 amide bonds. The molecule has 0 bridgehead atoms. The SMILES string of the molecule is Cc1nc(CN2C(=O)COc3ccc(S(=O)(=O)Nc4ccc(Cl)cc4F)cc32)no1. The van der Waals surface area contributed by atoms with Gasteiger partial charge in [0.15, 0.2) is 12.4 Å². The number of halogens is 2. The van der Waals surface area contributed by atoms with Gasteiger partial charge in [-0.3, -0.25) is 14.4 Å². The van der Waals surface area contributed by atoms with E-state index in [0.29, 0.717) is 11.6 Å². The highest BCUT2D eigenvalue weighted by atomic mass is 35.5. The molecule has 1 aliphatic heterocycles. The zero-order chi connectivity index (χ0) is 21.5. The van der Waals surface area contributed by atoms with Gasteiger partial charge in [-0.25, -0.2) is 12.8 Å². The molecule has 12 heteroatoms. The molecule has 0 aliphatic carbocycles. The van der Waals surface area contributed by atoms with Gasteiger partial charge in [-0.05, 0) is 36.4 Å². The summed E-state index contributed by atoms with van der Waals surface area (Å²) in [7, 11) is -4.17. The van der Waals surface area contributed by atoms with Gasteiger partial charge in [-0.2, -0.15) is 4.98 Å². The normalized spacial score (nSPS) is 13.7. The fourth-order valence-electron chi connectivity index (χ4n) is 2.85. The predicted molar refractivity (Wildman–Crippen MR) is 104 cm³/mol. The lowest BCUT2D eigenvalue weighted by Crippen LogP contribution is -2.38. The first-order chi connectivity index (χ1) is 14.2. The van der Waals surface area contributed by atoms with Crippen LogP contribution in [0.3, 0.4) is 0 Å². The summed E-state index contributed by atoms with van der Waals surface area (Å²) in [6.07, 6.45) is 0. The summed E-state index contributed by atoms with van der Waals surface area (Å²) in [6, 6.07) is 7.54. The van der Waals surface area contributed by atoms with Crippen LogP contribution in [0.5, 0.6) is 5.75 Å². The van der Waals surface area contributed by atoms with E-state index in [1.165, 1.54) is 35.2 Å². The number of amides is 1. The van der Waals surface area contributed by atoms with Gasteiger partial charge in [-0.1, -0.05) is 16.8 Å². The van der Waals surface area contributed by atoms with Gasteiger partial charge >= 0.3 is 0 Å². The van der Waals surface area contributed by atoms with E-state index in [4.69, 9.17) is 20.9 Å². The van der Waals surface area contributed by atoms with Crippen LogP contribution in [0.25, 0.3) is 0 Å². The number of aromatic nitrogens is 2.